The van der Waals surface area contributed by atoms with E-state index >= 15 is 0 Å². The van der Waals surface area contributed by atoms with Gasteiger partial charge in [-0.25, -0.2) is 14.4 Å². The van der Waals surface area contributed by atoms with Gasteiger partial charge in [-0.3, -0.25) is 9.59 Å². The third-order valence-corrected chi connectivity index (χ3v) is 5.19. The van der Waals surface area contributed by atoms with Crippen molar-refractivity contribution in [1.29, 1.82) is 0 Å². The fraction of sp³-hybridized carbons (Fsp3) is 0.370. The van der Waals surface area contributed by atoms with Gasteiger partial charge in [0.15, 0.2) is 42.9 Å². The van der Waals surface area contributed by atoms with E-state index in [0.29, 0.717) is 18.5 Å². The summed E-state index contributed by atoms with van der Waals surface area (Å²) in [7, 11) is 3.52. The molecule has 0 amide bonds. The van der Waals surface area contributed by atoms with Crippen LogP contribution in [-0.2, 0) is 28.6 Å². The first-order valence-electron chi connectivity index (χ1n) is 11.9. The molecule has 2 rings (SSSR count). The molecule has 0 spiro atoms. The van der Waals surface area contributed by atoms with Gasteiger partial charge in [-0.05, 0) is 25.1 Å². The van der Waals surface area contributed by atoms with Crippen molar-refractivity contribution < 1.29 is 52.4 Å². The van der Waals surface area contributed by atoms with Gasteiger partial charge in [0.2, 0.25) is 5.75 Å². The molecule has 2 aromatic rings. The highest BCUT2D eigenvalue weighted by Crippen LogP contribution is 2.39. The lowest BCUT2D eigenvalue weighted by Gasteiger charge is -2.17. The van der Waals surface area contributed by atoms with E-state index in [1.807, 2.05) is 6.07 Å². The van der Waals surface area contributed by atoms with E-state index in [4.69, 9.17) is 14.2 Å². The van der Waals surface area contributed by atoms with E-state index in [1.165, 1.54) is 33.5 Å². The second-order valence-electron chi connectivity index (χ2n) is 7.89. The maximum atomic E-state index is 13.0. The molecule has 0 radical (unpaired) electrons. The molecule has 0 heterocycles. The number of rotatable bonds is 17. The Balaban J connectivity index is 2.16. The molecule has 210 valence electrons. The van der Waals surface area contributed by atoms with Gasteiger partial charge in [0, 0.05) is 17.5 Å². The molecule has 0 saturated heterocycles. The zero-order valence-corrected chi connectivity index (χ0v) is 22.0. The molecule has 0 atom stereocenters. The number of carbonyl (C=O) groups excluding carboxylic acids is 5. The van der Waals surface area contributed by atoms with Gasteiger partial charge in [0.25, 0.3) is 0 Å². The molecule has 2 aromatic carbocycles. The van der Waals surface area contributed by atoms with Gasteiger partial charge in [-0.2, -0.15) is 0 Å². The molecule has 0 unspecified atom stereocenters. The summed E-state index contributed by atoms with van der Waals surface area (Å²) in [5.41, 5.74) is 0.732. The van der Waals surface area contributed by atoms with Gasteiger partial charge in [-0.1, -0.05) is 30.3 Å². The fourth-order valence-corrected chi connectivity index (χ4v) is 3.12. The zero-order chi connectivity index (χ0) is 28.6. The van der Waals surface area contributed by atoms with Crippen LogP contribution in [-0.4, -0.2) is 83.7 Å². The highest BCUT2D eigenvalue weighted by molar-refractivity contribution is 5.98. The van der Waals surface area contributed by atoms with Crippen LogP contribution in [0.1, 0.15) is 33.6 Å². The quantitative estimate of drug-likeness (QED) is 0.133. The largest absolute Gasteiger partial charge is 0.478 e. The highest BCUT2D eigenvalue weighted by Gasteiger charge is 2.21. The number of nitrogens with one attached hydrogen (secondary N) is 1. The van der Waals surface area contributed by atoms with Crippen LogP contribution in [0.5, 0.6) is 17.2 Å². The molecule has 0 aliphatic rings. The predicted octanol–water partition coefficient (Wildman–Crippen LogP) is 1.78. The topological polar surface area (TPSA) is 153 Å². The van der Waals surface area contributed by atoms with Crippen molar-refractivity contribution in [2.75, 3.05) is 54.2 Å². The van der Waals surface area contributed by atoms with Crippen LogP contribution in [0.25, 0.3) is 0 Å². The lowest BCUT2D eigenvalue weighted by molar-refractivity contribution is -0.144. The molecular formula is C27H31NO11. The summed E-state index contributed by atoms with van der Waals surface area (Å²) in [5, 5.41) is 3.02. The predicted molar refractivity (Wildman–Crippen MR) is 136 cm³/mol. The molecule has 0 aliphatic heterocycles. The molecule has 0 fully saturated rings. The summed E-state index contributed by atoms with van der Waals surface area (Å²) in [6, 6.07) is 11.5. The molecular weight excluding hydrogens is 514 g/mol. The second kappa shape index (κ2) is 16.4. The van der Waals surface area contributed by atoms with Crippen LogP contribution in [0.15, 0.2) is 42.5 Å². The Kier molecular flexibility index (Phi) is 12.9. The lowest BCUT2D eigenvalue weighted by atomic mass is 10.0. The number of benzene rings is 2. The van der Waals surface area contributed by atoms with E-state index < -0.39 is 37.7 Å². The number of Topliss-reactive ketones (excluding diaryl/α,β-unsaturated/α-hetero) is 2. The first-order chi connectivity index (χ1) is 18.8. The van der Waals surface area contributed by atoms with Gasteiger partial charge < -0.3 is 33.7 Å². The van der Waals surface area contributed by atoms with E-state index in [2.05, 4.69) is 19.5 Å². The van der Waals surface area contributed by atoms with Crippen LogP contribution < -0.4 is 19.5 Å². The van der Waals surface area contributed by atoms with Crippen LogP contribution in [0, 0.1) is 0 Å². The Bertz CT molecular complexity index is 1110. The minimum Gasteiger partial charge on any atom is -0.478 e. The Morgan fingerprint density at radius 3 is 1.69 bits per heavy atom. The first-order valence-corrected chi connectivity index (χ1v) is 11.9. The maximum absolute atomic E-state index is 13.0. The average Bonchev–Trinajstić information content (AvgIpc) is 2.97. The number of carbonyl (C=O) groups is 5. The lowest BCUT2D eigenvalue weighted by Crippen LogP contribution is -2.24. The van der Waals surface area contributed by atoms with Gasteiger partial charge in [0.05, 0.1) is 27.9 Å². The Hall–Kier alpha value is -4.45. The van der Waals surface area contributed by atoms with Crippen LogP contribution in [0.2, 0.25) is 0 Å². The summed E-state index contributed by atoms with van der Waals surface area (Å²) in [6.45, 7) is -1.07. The molecule has 12 nitrogen and oxygen atoms in total. The highest BCUT2D eigenvalue weighted by atomic mass is 16.6. The Labute approximate surface area is 225 Å². The van der Waals surface area contributed by atoms with Gasteiger partial charge >= 0.3 is 17.9 Å². The average molecular weight is 546 g/mol. The van der Waals surface area contributed by atoms with Crippen molar-refractivity contribution in [2.24, 2.45) is 0 Å². The van der Waals surface area contributed by atoms with E-state index in [9.17, 15) is 24.0 Å². The van der Waals surface area contributed by atoms with Crippen LogP contribution in [0.4, 0.5) is 0 Å². The number of hydrogen-bond donors (Lipinski definition) is 1. The number of ether oxygens (including phenoxy) is 6. The number of methoxy groups -OCH3 is 3. The second-order valence-corrected chi connectivity index (χ2v) is 7.89. The summed E-state index contributed by atoms with van der Waals surface area (Å²) < 4.78 is 30.2. The molecule has 12 heteroatoms. The third kappa shape index (κ3) is 10.4. The fourth-order valence-electron chi connectivity index (χ4n) is 3.12. The molecule has 0 saturated carbocycles. The normalized spacial score (nSPS) is 10.2. The van der Waals surface area contributed by atoms with Crippen LogP contribution in [0.3, 0.4) is 0 Å². The smallest absolute Gasteiger partial charge is 0.343 e. The van der Waals surface area contributed by atoms with Crippen molar-refractivity contribution >= 4 is 29.5 Å². The third-order valence-electron chi connectivity index (χ3n) is 5.19. The van der Waals surface area contributed by atoms with Crippen molar-refractivity contribution in [3.05, 3.63) is 53.6 Å². The van der Waals surface area contributed by atoms with Gasteiger partial charge in [0.1, 0.15) is 0 Å². The molecule has 0 aromatic heterocycles. The summed E-state index contributed by atoms with van der Waals surface area (Å²) in [5.74, 6) is -2.83. The number of esters is 3. The maximum Gasteiger partial charge on any atom is 0.343 e. The zero-order valence-electron chi connectivity index (χ0n) is 22.0. The number of ketones is 2. The van der Waals surface area contributed by atoms with Crippen molar-refractivity contribution in [3.63, 3.8) is 0 Å². The molecule has 1 N–H and O–H groups in total. The molecule has 39 heavy (non-hydrogen) atoms. The van der Waals surface area contributed by atoms with E-state index in [0.717, 1.165) is 0 Å². The van der Waals surface area contributed by atoms with Crippen molar-refractivity contribution in [2.45, 2.75) is 12.8 Å². The van der Waals surface area contributed by atoms with Crippen molar-refractivity contribution in [3.8, 4) is 17.2 Å². The summed E-state index contributed by atoms with van der Waals surface area (Å²) >= 11 is 0. The van der Waals surface area contributed by atoms with Gasteiger partial charge in [-0.15, -0.1) is 0 Å². The monoisotopic (exact) mass is 545 g/mol. The van der Waals surface area contributed by atoms with E-state index in [1.54, 1.807) is 24.3 Å². The minimum absolute atomic E-state index is 0.0655. The minimum atomic E-state index is -0.716. The number of hydrogen-bond acceptors (Lipinski definition) is 12. The van der Waals surface area contributed by atoms with Crippen LogP contribution >= 0.6 is 0 Å². The Morgan fingerprint density at radius 2 is 1.18 bits per heavy atom. The summed E-state index contributed by atoms with van der Waals surface area (Å²) in [4.78, 5) is 60.1. The molecule has 0 aliphatic carbocycles. The SMILES string of the molecule is COC(=O)COc1cc(C(=O)CCCNCC(=O)c2ccccc2)cc(OCC(=O)OC)c1OCC(=O)OC. The first kappa shape index (κ1) is 30.8. The van der Waals surface area contributed by atoms with Crippen molar-refractivity contribution in [1.82, 2.24) is 5.32 Å². The molecule has 0 bridgehead atoms. The standard InChI is InChI=1S/C27H31NO11/c1-34-24(31)15-37-22-12-19(13-23(38-16-25(32)35-2)27(22)39-17-26(33)36-3)20(29)10-7-11-28-14-21(30)18-8-5-4-6-9-18/h4-6,8-9,12-13,28H,7,10-11,14-17H2,1-3H3. The summed E-state index contributed by atoms with van der Waals surface area (Å²) in [6.07, 6.45) is 0.514. The van der Waals surface area contributed by atoms with E-state index in [-0.39, 0.29) is 47.3 Å². The Morgan fingerprint density at radius 1 is 0.667 bits per heavy atom.